The lowest BCUT2D eigenvalue weighted by Gasteiger charge is -2.09. The number of methoxy groups -OCH3 is 2. The Balaban J connectivity index is 1.93. The lowest BCUT2D eigenvalue weighted by Crippen LogP contribution is -2.37. The summed E-state index contributed by atoms with van der Waals surface area (Å²) in [6, 6.07) is 6.32. The molecule has 2 amide bonds. The van der Waals surface area contributed by atoms with Crippen LogP contribution < -0.4 is 20.2 Å². The summed E-state index contributed by atoms with van der Waals surface area (Å²) < 4.78 is 15.1. The third-order valence-electron chi connectivity index (χ3n) is 3.09. The summed E-state index contributed by atoms with van der Waals surface area (Å²) in [6.45, 7) is 0.0926. The predicted octanol–water partition coefficient (Wildman–Crippen LogP) is 0.769. The molecule has 9 heteroatoms. The van der Waals surface area contributed by atoms with Crippen molar-refractivity contribution in [2.45, 2.75) is 6.54 Å². The van der Waals surface area contributed by atoms with Gasteiger partial charge in [-0.1, -0.05) is 0 Å². The van der Waals surface area contributed by atoms with E-state index in [1.165, 1.54) is 38.8 Å². The Hall–Kier alpha value is -3.49. The first-order chi connectivity index (χ1) is 12.0. The number of carbonyl (C=O) groups is 2. The average molecular weight is 347 g/mol. The summed E-state index contributed by atoms with van der Waals surface area (Å²) >= 11 is 0. The van der Waals surface area contributed by atoms with Crippen molar-refractivity contribution in [1.82, 2.24) is 10.7 Å². The second kappa shape index (κ2) is 8.39. The summed E-state index contributed by atoms with van der Waals surface area (Å²) in [6.07, 6.45) is 2.74. The van der Waals surface area contributed by atoms with Gasteiger partial charge in [-0.25, -0.2) is 5.43 Å². The third kappa shape index (κ3) is 4.74. The van der Waals surface area contributed by atoms with E-state index in [0.717, 1.165) is 0 Å². The molecular formula is C16H17N3O6. The highest BCUT2D eigenvalue weighted by Crippen LogP contribution is 2.36. The van der Waals surface area contributed by atoms with E-state index in [2.05, 4.69) is 15.8 Å². The highest BCUT2D eigenvalue weighted by atomic mass is 16.5. The molecule has 2 rings (SSSR count). The Kier molecular flexibility index (Phi) is 5.99. The first-order valence-electron chi connectivity index (χ1n) is 7.13. The van der Waals surface area contributed by atoms with Crippen LogP contribution in [0.1, 0.15) is 11.3 Å². The normalized spacial score (nSPS) is 10.5. The van der Waals surface area contributed by atoms with Gasteiger partial charge in [-0.05, 0) is 24.3 Å². The first kappa shape index (κ1) is 17.9. The minimum atomic E-state index is -0.930. The van der Waals surface area contributed by atoms with Crippen LogP contribution in [-0.2, 0) is 16.1 Å². The number of nitrogens with zero attached hydrogens (tertiary/aromatic N) is 1. The van der Waals surface area contributed by atoms with Gasteiger partial charge in [0.15, 0.2) is 11.5 Å². The number of phenols is 1. The van der Waals surface area contributed by atoms with Crippen molar-refractivity contribution < 1.29 is 28.6 Å². The number of hydrogen-bond donors (Lipinski definition) is 3. The smallest absolute Gasteiger partial charge is 0.329 e. The van der Waals surface area contributed by atoms with Crippen LogP contribution in [0.2, 0.25) is 0 Å². The minimum Gasteiger partial charge on any atom is -0.502 e. The lowest BCUT2D eigenvalue weighted by molar-refractivity contribution is -0.139. The molecular weight excluding hydrogens is 330 g/mol. The van der Waals surface area contributed by atoms with Crippen LogP contribution in [0.5, 0.6) is 17.2 Å². The maximum atomic E-state index is 11.6. The van der Waals surface area contributed by atoms with Gasteiger partial charge in [-0.15, -0.1) is 0 Å². The fraction of sp³-hybridized carbons (Fsp3) is 0.188. The number of hydrogen-bond acceptors (Lipinski definition) is 7. The van der Waals surface area contributed by atoms with E-state index < -0.39 is 11.8 Å². The molecule has 1 heterocycles. The number of furan rings is 1. The molecule has 25 heavy (non-hydrogen) atoms. The van der Waals surface area contributed by atoms with E-state index in [1.807, 2.05) is 0 Å². The quantitative estimate of drug-likeness (QED) is 0.403. The van der Waals surface area contributed by atoms with Gasteiger partial charge in [-0.2, -0.15) is 5.10 Å². The molecule has 0 saturated carbocycles. The van der Waals surface area contributed by atoms with Gasteiger partial charge in [0.2, 0.25) is 5.75 Å². The van der Waals surface area contributed by atoms with Crippen molar-refractivity contribution in [2.75, 3.05) is 14.2 Å². The number of nitrogens with one attached hydrogen (secondary N) is 2. The minimum absolute atomic E-state index is 0.0926. The zero-order valence-corrected chi connectivity index (χ0v) is 13.6. The van der Waals surface area contributed by atoms with Gasteiger partial charge >= 0.3 is 11.8 Å². The van der Waals surface area contributed by atoms with E-state index in [4.69, 9.17) is 13.9 Å². The SMILES string of the molecule is COc1cc(/C=N/NC(=O)C(=O)NCc2ccco2)cc(OC)c1O. The second-order valence-corrected chi connectivity index (χ2v) is 4.74. The maximum absolute atomic E-state index is 11.6. The molecule has 9 nitrogen and oxygen atoms in total. The van der Waals surface area contributed by atoms with Gasteiger partial charge < -0.3 is 24.3 Å². The van der Waals surface area contributed by atoms with Crippen LogP contribution in [0.4, 0.5) is 0 Å². The van der Waals surface area contributed by atoms with Crippen molar-refractivity contribution in [3.8, 4) is 17.2 Å². The Morgan fingerprint density at radius 3 is 2.48 bits per heavy atom. The van der Waals surface area contributed by atoms with Crippen molar-refractivity contribution in [3.63, 3.8) is 0 Å². The largest absolute Gasteiger partial charge is 0.502 e. The van der Waals surface area contributed by atoms with Crippen LogP contribution in [-0.4, -0.2) is 37.4 Å². The molecule has 2 aromatic rings. The van der Waals surface area contributed by atoms with E-state index in [-0.39, 0.29) is 23.8 Å². The van der Waals surface area contributed by atoms with Gasteiger partial charge in [0.25, 0.3) is 0 Å². The molecule has 0 spiro atoms. The zero-order chi connectivity index (χ0) is 18.2. The number of rotatable bonds is 6. The number of hydrazone groups is 1. The van der Waals surface area contributed by atoms with Crippen molar-refractivity contribution in [3.05, 3.63) is 41.9 Å². The second-order valence-electron chi connectivity index (χ2n) is 4.74. The monoisotopic (exact) mass is 347 g/mol. The zero-order valence-electron chi connectivity index (χ0n) is 13.6. The topological polar surface area (TPSA) is 122 Å². The van der Waals surface area contributed by atoms with E-state index in [9.17, 15) is 14.7 Å². The summed E-state index contributed by atoms with van der Waals surface area (Å²) in [4.78, 5) is 23.3. The number of amides is 2. The van der Waals surface area contributed by atoms with Gasteiger partial charge in [0.1, 0.15) is 5.76 Å². The van der Waals surface area contributed by atoms with Gasteiger partial charge in [0, 0.05) is 5.56 Å². The van der Waals surface area contributed by atoms with E-state index in [1.54, 1.807) is 12.1 Å². The number of benzene rings is 1. The highest BCUT2D eigenvalue weighted by Gasteiger charge is 2.13. The van der Waals surface area contributed by atoms with Crippen LogP contribution in [0.25, 0.3) is 0 Å². The molecule has 0 aliphatic carbocycles. The molecule has 0 aliphatic rings. The first-order valence-corrected chi connectivity index (χ1v) is 7.13. The Labute approximate surface area is 143 Å². The highest BCUT2D eigenvalue weighted by molar-refractivity contribution is 6.35. The number of aromatic hydroxyl groups is 1. The Morgan fingerprint density at radius 2 is 1.92 bits per heavy atom. The van der Waals surface area contributed by atoms with Gasteiger partial charge in [0.05, 0.1) is 33.2 Å². The van der Waals surface area contributed by atoms with Crippen molar-refractivity contribution >= 4 is 18.0 Å². The number of phenolic OH excluding ortho intramolecular Hbond substituents is 1. The molecule has 3 N–H and O–H groups in total. The molecule has 132 valence electrons. The fourth-order valence-corrected chi connectivity index (χ4v) is 1.87. The fourth-order valence-electron chi connectivity index (χ4n) is 1.87. The summed E-state index contributed by atoms with van der Waals surface area (Å²) in [7, 11) is 2.78. The lowest BCUT2D eigenvalue weighted by atomic mass is 10.2. The molecule has 1 aromatic carbocycles. The summed E-state index contributed by atoms with van der Waals surface area (Å²) in [5.41, 5.74) is 2.58. The van der Waals surface area contributed by atoms with Crippen molar-refractivity contribution in [1.29, 1.82) is 0 Å². The molecule has 0 atom stereocenters. The molecule has 0 bridgehead atoms. The number of carbonyl (C=O) groups excluding carboxylic acids is 2. The molecule has 0 unspecified atom stereocenters. The summed E-state index contributed by atoms with van der Waals surface area (Å²) in [5.74, 6) is -1.04. The van der Waals surface area contributed by atoms with Gasteiger partial charge in [-0.3, -0.25) is 9.59 Å². The van der Waals surface area contributed by atoms with E-state index in [0.29, 0.717) is 11.3 Å². The van der Waals surface area contributed by atoms with Crippen LogP contribution in [0.15, 0.2) is 40.0 Å². The Bertz CT molecular complexity index is 745. The molecule has 0 saturated heterocycles. The summed E-state index contributed by atoms with van der Waals surface area (Å²) in [5, 5.41) is 15.9. The number of ether oxygens (including phenoxy) is 2. The molecule has 1 aromatic heterocycles. The van der Waals surface area contributed by atoms with Crippen LogP contribution >= 0.6 is 0 Å². The third-order valence-corrected chi connectivity index (χ3v) is 3.09. The Morgan fingerprint density at radius 1 is 1.24 bits per heavy atom. The van der Waals surface area contributed by atoms with E-state index >= 15 is 0 Å². The molecule has 0 fully saturated rings. The predicted molar refractivity (Wildman–Crippen MR) is 87.5 cm³/mol. The maximum Gasteiger partial charge on any atom is 0.329 e. The average Bonchev–Trinajstić information content (AvgIpc) is 3.14. The standard InChI is InChI=1S/C16H17N3O6/c1-23-12-6-10(7-13(24-2)14(12)20)8-18-19-16(22)15(21)17-9-11-4-3-5-25-11/h3-8,20H,9H2,1-2H3,(H,17,21)(H,19,22)/b18-8+. The van der Waals surface area contributed by atoms with Crippen LogP contribution in [0, 0.1) is 0 Å². The van der Waals surface area contributed by atoms with Crippen molar-refractivity contribution in [2.24, 2.45) is 5.10 Å². The molecule has 0 aliphatic heterocycles. The molecule has 0 radical (unpaired) electrons. The van der Waals surface area contributed by atoms with Crippen LogP contribution in [0.3, 0.4) is 0 Å².